The van der Waals surface area contributed by atoms with Crippen LogP contribution in [-0.2, 0) is 0 Å². The lowest BCUT2D eigenvalue weighted by Gasteiger charge is -2.13. The van der Waals surface area contributed by atoms with Crippen molar-refractivity contribution < 1.29 is 33.3 Å². The summed E-state index contributed by atoms with van der Waals surface area (Å²) in [4.78, 5) is 25.4. The normalized spacial score (nSPS) is 13.3. The fraction of sp³-hybridized carbons (Fsp3) is 0.120. The molecule has 7 nitrogen and oxygen atoms in total. The Morgan fingerprint density at radius 3 is 2.30 bits per heavy atom. The van der Waals surface area contributed by atoms with E-state index in [4.69, 9.17) is 35.3 Å². The third kappa shape index (κ3) is 4.49. The number of fused-ring (bicyclic) bond motifs is 1. The fourth-order valence-corrected chi connectivity index (χ4v) is 3.54. The van der Waals surface area contributed by atoms with Crippen LogP contribution in [-0.4, -0.2) is 33.1 Å². The van der Waals surface area contributed by atoms with Crippen LogP contribution in [0.25, 0.3) is 6.08 Å². The van der Waals surface area contributed by atoms with Crippen molar-refractivity contribution in [2.24, 2.45) is 0 Å². The molecule has 0 atom stereocenters. The van der Waals surface area contributed by atoms with Crippen LogP contribution in [0.15, 0.2) is 60.4 Å². The number of esters is 1. The van der Waals surface area contributed by atoms with Crippen LogP contribution in [0.3, 0.4) is 0 Å². The number of rotatable bonds is 6. The Labute approximate surface area is 195 Å². The van der Waals surface area contributed by atoms with Gasteiger partial charge in [0, 0.05) is 11.1 Å². The number of Topliss-reactive ketones (excluding diaryl/α,β-unsaturated/α-hetero) is 1. The van der Waals surface area contributed by atoms with Gasteiger partial charge < -0.3 is 23.7 Å². The molecule has 1 aliphatic heterocycles. The smallest absolute Gasteiger partial charge is 0.343 e. The number of methoxy groups -OCH3 is 3. The van der Waals surface area contributed by atoms with Crippen molar-refractivity contribution in [3.63, 3.8) is 0 Å². The Balaban J connectivity index is 1.57. The molecular formula is C25H19ClO7. The Kier molecular flexibility index (Phi) is 6.24. The average Bonchev–Trinajstić information content (AvgIpc) is 3.12. The molecule has 3 aromatic rings. The number of ether oxygens (including phenoxy) is 5. The van der Waals surface area contributed by atoms with E-state index in [0.29, 0.717) is 33.6 Å². The zero-order chi connectivity index (χ0) is 23.5. The summed E-state index contributed by atoms with van der Waals surface area (Å²) < 4.78 is 27.0. The SMILES string of the molecule is COc1cc(C(=O)Oc2ccc3c(c2)O/C(=C\c2cccc(Cl)c2)C3=O)cc(OC)c1OC. The van der Waals surface area contributed by atoms with Gasteiger partial charge >= 0.3 is 5.97 Å². The van der Waals surface area contributed by atoms with Crippen molar-refractivity contribution in [3.05, 3.63) is 82.1 Å². The quantitative estimate of drug-likeness (QED) is 0.280. The molecule has 0 radical (unpaired) electrons. The molecule has 0 spiro atoms. The first kappa shape index (κ1) is 22.2. The first-order chi connectivity index (χ1) is 15.9. The van der Waals surface area contributed by atoms with E-state index in [1.165, 1.54) is 45.6 Å². The average molecular weight is 467 g/mol. The molecule has 8 heteroatoms. The Hall–Kier alpha value is -3.97. The molecule has 4 rings (SSSR count). The second-order valence-electron chi connectivity index (χ2n) is 6.96. The van der Waals surface area contributed by atoms with E-state index in [1.807, 2.05) is 6.07 Å². The van der Waals surface area contributed by atoms with Gasteiger partial charge in [0.05, 0.1) is 32.5 Å². The number of carbonyl (C=O) groups is 2. The third-order valence-electron chi connectivity index (χ3n) is 4.90. The van der Waals surface area contributed by atoms with Crippen molar-refractivity contribution in [1.29, 1.82) is 0 Å². The van der Waals surface area contributed by atoms with Crippen molar-refractivity contribution in [2.45, 2.75) is 0 Å². The summed E-state index contributed by atoms with van der Waals surface area (Å²) >= 11 is 6.00. The van der Waals surface area contributed by atoms with Crippen LogP contribution in [0.1, 0.15) is 26.3 Å². The lowest BCUT2D eigenvalue weighted by Crippen LogP contribution is -2.09. The molecule has 0 saturated heterocycles. The summed E-state index contributed by atoms with van der Waals surface area (Å²) in [6.07, 6.45) is 1.61. The van der Waals surface area contributed by atoms with E-state index >= 15 is 0 Å². The molecule has 3 aromatic carbocycles. The summed E-state index contributed by atoms with van der Waals surface area (Å²) in [5, 5.41) is 0.549. The second kappa shape index (κ2) is 9.26. The minimum atomic E-state index is -0.645. The standard InChI is InChI=1S/C25H19ClO7/c1-29-21-11-15(12-22(30-2)24(21)31-3)25(28)32-17-7-8-18-19(13-17)33-20(23(18)27)10-14-5-4-6-16(26)9-14/h4-13H,1-3H3/b20-10-. The molecule has 33 heavy (non-hydrogen) atoms. The maximum absolute atomic E-state index is 12.7. The van der Waals surface area contributed by atoms with Gasteiger partial charge in [0.25, 0.3) is 0 Å². The molecule has 0 amide bonds. The van der Waals surface area contributed by atoms with Crippen LogP contribution in [0.5, 0.6) is 28.7 Å². The largest absolute Gasteiger partial charge is 0.493 e. The van der Waals surface area contributed by atoms with Crippen molar-refractivity contribution >= 4 is 29.4 Å². The number of halogens is 1. The van der Waals surface area contributed by atoms with E-state index < -0.39 is 5.97 Å². The van der Waals surface area contributed by atoms with Gasteiger partial charge in [-0.2, -0.15) is 0 Å². The Morgan fingerprint density at radius 1 is 0.939 bits per heavy atom. The topological polar surface area (TPSA) is 80.3 Å². The maximum atomic E-state index is 12.7. The minimum absolute atomic E-state index is 0.153. The minimum Gasteiger partial charge on any atom is -0.493 e. The van der Waals surface area contributed by atoms with Gasteiger partial charge in [0.1, 0.15) is 11.5 Å². The number of hydrogen-bond acceptors (Lipinski definition) is 7. The van der Waals surface area contributed by atoms with Crippen molar-refractivity contribution in [2.75, 3.05) is 21.3 Å². The molecule has 0 N–H and O–H groups in total. The zero-order valence-electron chi connectivity index (χ0n) is 18.0. The summed E-state index contributed by atoms with van der Waals surface area (Å²) in [6.45, 7) is 0. The lowest BCUT2D eigenvalue weighted by atomic mass is 10.1. The molecule has 0 bridgehead atoms. The van der Waals surface area contributed by atoms with E-state index in [-0.39, 0.29) is 22.9 Å². The molecule has 1 heterocycles. The Bertz CT molecular complexity index is 1250. The molecule has 0 aliphatic carbocycles. The van der Waals surface area contributed by atoms with Crippen LogP contribution < -0.4 is 23.7 Å². The number of ketones is 1. The van der Waals surface area contributed by atoms with E-state index in [2.05, 4.69) is 0 Å². The molecule has 0 fully saturated rings. The highest BCUT2D eigenvalue weighted by molar-refractivity contribution is 6.30. The monoisotopic (exact) mass is 466 g/mol. The molecular weight excluding hydrogens is 448 g/mol. The van der Waals surface area contributed by atoms with Gasteiger partial charge in [-0.3, -0.25) is 4.79 Å². The zero-order valence-corrected chi connectivity index (χ0v) is 18.8. The number of carbonyl (C=O) groups excluding carboxylic acids is 2. The lowest BCUT2D eigenvalue weighted by molar-refractivity contribution is 0.0733. The van der Waals surface area contributed by atoms with Crippen LogP contribution in [0, 0.1) is 0 Å². The molecule has 0 aromatic heterocycles. The highest BCUT2D eigenvalue weighted by atomic mass is 35.5. The number of benzene rings is 3. The summed E-state index contributed by atoms with van der Waals surface area (Å²) in [5.41, 5.74) is 1.30. The van der Waals surface area contributed by atoms with Crippen LogP contribution in [0.2, 0.25) is 5.02 Å². The number of hydrogen-bond donors (Lipinski definition) is 0. The summed E-state index contributed by atoms with van der Waals surface area (Å²) in [6, 6.07) is 14.6. The van der Waals surface area contributed by atoms with Gasteiger partial charge in [0.2, 0.25) is 11.5 Å². The molecule has 168 valence electrons. The highest BCUT2D eigenvalue weighted by Gasteiger charge is 2.28. The Morgan fingerprint density at radius 2 is 1.67 bits per heavy atom. The predicted molar refractivity (Wildman–Crippen MR) is 122 cm³/mol. The van der Waals surface area contributed by atoms with Gasteiger partial charge in [-0.15, -0.1) is 0 Å². The van der Waals surface area contributed by atoms with E-state index in [9.17, 15) is 9.59 Å². The summed E-state index contributed by atoms with van der Waals surface area (Å²) in [7, 11) is 4.38. The highest BCUT2D eigenvalue weighted by Crippen LogP contribution is 2.39. The van der Waals surface area contributed by atoms with Crippen LogP contribution >= 0.6 is 11.6 Å². The van der Waals surface area contributed by atoms with E-state index in [0.717, 1.165) is 5.56 Å². The van der Waals surface area contributed by atoms with Crippen LogP contribution in [0.4, 0.5) is 0 Å². The third-order valence-corrected chi connectivity index (χ3v) is 5.13. The van der Waals surface area contributed by atoms with Gasteiger partial charge in [-0.1, -0.05) is 23.7 Å². The van der Waals surface area contributed by atoms with Crippen molar-refractivity contribution in [1.82, 2.24) is 0 Å². The summed E-state index contributed by atoms with van der Waals surface area (Å²) in [5.74, 6) is 0.749. The first-order valence-electron chi connectivity index (χ1n) is 9.79. The maximum Gasteiger partial charge on any atom is 0.343 e. The molecule has 1 aliphatic rings. The predicted octanol–water partition coefficient (Wildman–Crippen LogP) is 5.20. The fourth-order valence-electron chi connectivity index (χ4n) is 3.34. The number of allylic oxidation sites excluding steroid dienone is 1. The van der Waals surface area contributed by atoms with Gasteiger partial charge in [-0.25, -0.2) is 4.79 Å². The van der Waals surface area contributed by atoms with Gasteiger partial charge in [0.15, 0.2) is 17.3 Å². The first-order valence-corrected chi connectivity index (χ1v) is 10.2. The van der Waals surface area contributed by atoms with Gasteiger partial charge in [-0.05, 0) is 48.0 Å². The second-order valence-corrected chi connectivity index (χ2v) is 7.39. The van der Waals surface area contributed by atoms with Crippen molar-refractivity contribution in [3.8, 4) is 28.7 Å². The molecule has 0 saturated carbocycles. The van der Waals surface area contributed by atoms with E-state index in [1.54, 1.807) is 30.3 Å². The molecule has 0 unspecified atom stereocenters.